The van der Waals surface area contributed by atoms with Crippen molar-refractivity contribution in [1.29, 1.82) is 0 Å². The van der Waals surface area contributed by atoms with Crippen molar-refractivity contribution in [3.63, 3.8) is 0 Å². The molecule has 0 aliphatic heterocycles. The van der Waals surface area contributed by atoms with E-state index in [1.54, 1.807) is 18.2 Å². The molecule has 72 valence electrons. The van der Waals surface area contributed by atoms with Gasteiger partial charge >= 0.3 is 0 Å². The molecule has 0 aromatic heterocycles. The fourth-order valence-electron chi connectivity index (χ4n) is 0.900. The molecule has 1 unspecified atom stereocenters. The van der Waals surface area contributed by atoms with Crippen LogP contribution in [-0.2, 0) is 17.5 Å². The van der Waals surface area contributed by atoms with E-state index in [-0.39, 0.29) is 5.75 Å². The molecule has 1 aromatic rings. The molecule has 1 N–H and O–H groups in total. The van der Waals surface area contributed by atoms with E-state index in [0.717, 1.165) is 5.56 Å². The highest BCUT2D eigenvalue weighted by Crippen LogP contribution is 2.22. The van der Waals surface area contributed by atoms with Crippen LogP contribution in [0.5, 0.6) is 0 Å². The molecule has 1 aromatic carbocycles. The number of hydrogen-bond acceptors (Lipinski definition) is 1. The van der Waals surface area contributed by atoms with E-state index in [2.05, 4.69) is 0 Å². The Balaban J connectivity index is 2.68. The van der Waals surface area contributed by atoms with Gasteiger partial charge in [0.1, 0.15) is 0 Å². The first-order valence-corrected chi connectivity index (χ1v) is 5.64. The lowest BCUT2D eigenvalue weighted by Gasteiger charge is -2.00. The zero-order chi connectivity index (χ0) is 9.84. The van der Waals surface area contributed by atoms with E-state index < -0.39 is 11.1 Å². The van der Waals surface area contributed by atoms with Crippen molar-refractivity contribution in [2.24, 2.45) is 0 Å². The maximum Gasteiger partial charge on any atom is 0.153 e. The van der Waals surface area contributed by atoms with Gasteiger partial charge in [-0.15, -0.1) is 0 Å². The average molecular weight is 239 g/mol. The molecule has 0 saturated heterocycles. The van der Waals surface area contributed by atoms with Crippen LogP contribution in [0.4, 0.5) is 0 Å². The second-order valence-electron chi connectivity index (χ2n) is 2.52. The van der Waals surface area contributed by atoms with Crippen LogP contribution in [0.2, 0.25) is 10.0 Å². The molecule has 13 heavy (non-hydrogen) atoms. The maximum absolute atomic E-state index is 10.4. The Bertz CT molecular complexity index is 328. The van der Waals surface area contributed by atoms with Crippen LogP contribution in [0.1, 0.15) is 5.56 Å². The molecule has 5 heteroatoms. The van der Waals surface area contributed by atoms with Gasteiger partial charge in [-0.3, -0.25) is 0 Å². The van der Waals surface area contributed by atoms with Gasteiger partial charge in [0.25, 0.3) is 0 Å². The summed E-state index contributed by atoms with van der Waals surface area (Å²) < 4.78 is 18.9. The van der Waals surface area contributed by atoms with Crippen molar-refractivity contribution in [2.75, 3.05) is 5.75 Å². The van der Waals surface area contributed by atoms with Crippen molar-refractivity contribution in [1.82, 2.24) is 0 Å². The van der Waals surface area contributed by atoms with E-state index in [1.165, 1.54) is 0 Å². The van der Waals surface area contributed by atoms with Gasteiger partial charge in [-0.2, -0.15) is 0 Å². The van der Waals surface area contributed by atoms with Gasteiger partial charge in [0.15, 0.2) is 11.1 Å². The van der Waals surface area contributed by atoms with Crippen molar-refractivity contribution in [2.45, 2.75) is 6.42 Å². The van der Waals surface area contributed by atoms with Gasteiger partial charge in [0.2, 0.25) is 0 Å². The van der Waals surface area contributed by atoms with Crippen molar-refractivity contribution >= 4 is 34.3 Å². The third-order valence-electron chi connectivity index (χ3n) is 1.55. The number of aryl methyl sites for hydroxylation is 1. The molecule has 0 radical (unpaired) electrons. The fraction of sp³-hybridized carbons (Fsp3) is 0.250. The third-order valence-corrected chi connectivity index (χ3v) is 2.84. The Labute approximate surface area is 89.1 Å². The summed E-state index contributed by atoms with van der Waals surface area (Å²) in [5.74, 6) is 0.220. The second kappa shape index (κ2) is 4.96. The summed E-state index contributed by atoms with van der Waals surface area (Å²) >= 11 is 9.71. The van der Waals surface area contributed by atoms with Crippen LogP contribution in [0.25, 0.3) is 0 Å². The van der Waals surface area contributed by atoms with Crippen LogP contribution in [0.3, 0.4) is 0 Å². The molecule has 0 aliphatic rings. The van der Waals surface area contributed by atoms with E-state index >= 15 is 0 Å². The van der Waals surface area contributed by atoms with Gasteiger partial charge in [-0.1, -0.05) is 29.3 Å². The molecule has 0 saturated carbocycles. The minimum Gasteiger partial charge on any atom is -0.306 e. The first-order chi connectivity index (χ1) is 6.09. The molecular weight excluding hydrogens is 231 g/mol. The first-order valence-electron chi connectivity index (χ1n) is 3.61. The van der Waals surface area contributed by atoms with Crippen LogP contribution in [0, 0.1) is 0 Å². The van der Waals surface area contributed by atoms with E-state index in [9.17, 15) is 4.21 Å². The van der Waals surface area contributed by atoms with Crippen LogP contribution < -0.4 is 0 Å². The molecule has 2 nitrogen and oxygen atoms in total. The Hall–Kier alpha value is -0.0900. The van der Waals surface area contributed by atoms with E-state index in [0.29, 0.717) is 16.5 Å². The molecule has 0 heterocycles. The second-order valence-corrected chi connectivity index (χ2v) is 4.39. The Morgan fingerprint density at radius 2 is 2.00 bits per heavy atom. The highest BCUT2D eigenvalue weighted by atomic mass is 35.5. The van der Waals surface area contributed by atoms with Crippen LogP contribution >= 0.6 is 23.2 Å². The minimum atomic E-state index is -1.75. The van der Waals surface area contributed by atoms with Crippen molar-refractivity contribution in [3.05, 3.63) is 33.8 Å². The summed E-state index contributed by atoms with van der Waals surface area (Å²) in [7, 11) is 0. The molecule has 0 bridgehead atoms. The molecule has 0 amide bonds. The largest absolute Gasteiger partial charge is 0.306 e. The lowest BCUT2D eigenvalue weighted by molar-refractivity contribution is 0.563. The highest BCUT2D eigenvalue weighted by Gasteiger charge is 2.00. The Kier molecular flexibility index (Phi) is 4.19. The van der Waals surface area contributed by atoms with Gasteiger partial charge in [-0.25, -0.2) is 4.21 Å². The summed E-state index contributed by atoms with van der Waals surface area (Å²) in [5, 5.41) is 0.971. The van der Waals surface area contributed by atoms with Crippen molar-refractivity contribution < 1.29 is 8.76 Å². The normalized spacial score (nSPS) is 12.8. The lowest BCUT2D eigenvalue weighted by Crippen LogP contribution is -1.98. The monoisotopic (exact) mass is 238 g/mol. The number of benzene rings is 1. The van der Waals surface area contributed by atoms with Gasteiger partial charge < -0.3 is 4.55 Å². The van der Waals surface area contributed by atoms with Crippen LogP contribution in [-0.4, -0.2) is 14.5 Å². The fourth-order valence-corrected chi connectivity index (χ4v) is 1.63. The average Bonchev–Trinajstić information content (AvgIpc) is 2.07. The summed E-state index contributed by atoms with van der Waals surface area (Å²) in [6, 6.07) is 5.18. The third kappa shape index (κ3) is 3.65. The summed E-state index contributed by atoms with van der Waals surface area (Å²) in [6.45, 7) is 0. The first kappa shape index (κ1) is 11.0. The summed E-state index contributed by atoms with van der Waals surface area (Å²) in [4.78, 5) is 0. The summed E-state index contributed by atoms with van der Waals surface area (Å²) in [5.41, 5.74) is 0.914. The van der Waals surface area contributed by atoms with Gasteiger partial charge in [0, 0.05) is 0 Å². The predicted molar refractivity (Wildman–Crippen MR) is 55.8 cm³/mol. The maximum atomic E-state index is 10.4. The molecular formula is C8H8Cl2O2S. The molecule has 0 fully saturated rings. The smallest absolute Gasteiger partial charge is 0.153 e. The van der Waals surface area contributed by atoms with Gasteiger partial charge in [0.05, 0.1) is 15.8 Å². The highest BCUT2D eigenvalue weighted by molar-refractivity contribution is 7.79. The minimum absolute atomic E-state index is 0.220. The number of rotatable bonds is 3. The number of hydrogen-bond donors (Lipinski definition) is 1. The van der Waals surface area contributed by atoms with E-state index in [4.69, 9.17) is 27.8 Å². The Morgan fingerprint density at radius 1 is 1.31 bits per heavy atom. The summed E-state index contributed by atoms with van der Waals surface area (Å²) in [6.07, 6.45) is 0.528. The van der Waals surface area contributed by atoms with Crippen molar-refractivity contribution in [3.8, 4) is 0 Å². The molecule has 0 spiro atoms. The zero-order valence-corrected chi connectivity index (χ0v) is 8.99. The topological polar surface area (TPSA) is 37.3 Å². The zero-order valence-electron chi connectivity index (χ0n) is 6.67. The van der Waals surface area contributed by atoms with Gasteiger partial charge in [-0.05, 0) is 24.1 Å². The lowest BCUT2D eigenvalue weighted by atomic mass is 10.2. The van der Waals surface area contributed by atoms with Crippen LogP contribution in [0.15, 0.2) is 18.2 Å². The number of halogens is 2. The Morgan fingerprint density at radius 3 is 2.54 bits per heavy atom. The standard InChI is InChI=1S/C8H8Cl2O2S/c9-7-2-1-6(5-8(7)10)3-4-13(11)12/h1-2,5H,3-4H2,(H,11,12). The quantitative estimate of drug-likeness (QED) is 0.823. The molecule has 1 rings (SSSR count). The predicted octanol–water partition coefficient (Wildman–Crippen LogP) is 2.76. The molecule has 1 atom stereocenters. The SMILES string of the molecule is O=S(O)CCc1ccc(Cl)c(Cl)c1. The van der Waals surface area contributed by atoms with E-state index in [1.807, 2.05) is 0 Å². The molecule has 0 aliphatic carbocycles.